The second-order valence-corrected chi connectivity index (χ2v) is 7.73. The van der Waals surface area contributed by atoms with Crippen LogP contribution >= 0.6 is 0 Å². The van der Waals surface area contributed by atoms with Crippen LogP contribution in [0.25, 0.3) is 11.0 Å². The molecule has 5 nitrogen and oxygen atoms in total. The normalized spacial score (nSPS) is 12.0. The molecule has 0 bridgehead atoms. The predicted octanol–water partition coefficient (Wildman–Crippen LogP) is 2.71. The number of rotatable bonds is 5. The number of hydrogen-bond donors (Lipinski definition) is 1. The second-order valence-electron chi connectivity index (χ2n) is 5.99. The number of nitrogens with one attached hydrogen (secondary N) is 1. The lowest BCUT2D eigenvalue weighted by Crippen LogP contribution is -2.27. The number of aryl methyl sites for hydroxylation is 3. The zero-order valence-corrected chi connectivity index (χ0v) is 14.9. The zero-order chi connectivity index (χ0) is 17.3. The van der Waals surface area contributed by atoms with Crippen LogP contribution in [-0.4, -0.2) is 24.5 Å². The van der Waals surface area contributed by atoms with E-state index in [1.54, 1.807) is 6.07 Å². The van der Waals surface area contributed by atoms with Crippen molar-refractivity contribution >= 4 is 21.1 Å². The van der Waals surface area contributed by atoms with Gasteiger partial charge in [-0.25, -0.2) is 18.1 Å². The Hall–Kier alpha value is -2.18. The van der Waals surface area contributed by atoms with Gasteiger partial charge >= 0.3 is 0 Å². The molecule has 0 saturated heterocycles. The first kappa shape index (κ1) is 16.7. The first-order valence-electron chi connectivity index (χ1n) is 7.86. The van der Waals surface area contributed by atoms with E-state index in [1.807, 2.05) is 61.9 Å². The van der Waals surface area contributed by atoms with Crippen LogP contribution in [0, 0.1) is 13.8 Å². The number of aromatic nitrogens is 2. The molecule has 3 rings (SSSR count). The van der Waals surface area contributed by atoms with Gasteiger partial charge in [0.05, 0.1) is 15.9 Å². The lowest BCUT2D eigenvalue weighted by atomic mass is 10.2. The first-order valence-corrected chi connectivity index (χ1v) is 9.34. The van der Waals surface area contributed by atoms with Gasteiger partial charge in [0.15, 0.2) is 0 Å². The van der Waals surface area contributed by atoms with E-state index >= 15 is 0 Å². The first-order chi connectivity index (χ1) is 11.4. The molecular weight excluding hydrogens is 322 g/mol. The molecule has 0 fully saturated rings. The highest BCUT2D eigenvalue weighted by atomic mass is 32.2. The summed E-state index contributed by atoms with van der Waals surface area (Å²) in [5, 5.41) is 0. The summed E-state index contributed by atoms with van der Waals surface area (Å²) < 4.78 is 29.6. The van der Waals surface area contributed by atoms with E-state index in [0.29, 0.717) is 17.9 Å². The van der Waals surface area contributed by atoms with Gasteiger partial charge in [-0.2, -0.15) is 0 Å². The molecule has 3 aromatic rings. The van der Waals surface area contributed by atoms with Crippen molar-refractivity contribution < 1.29 is 8.42 Å². The Bertz CT molecular complexity index is 991. The van der Waals surface area contributed by atoms with Gasteiger partial charge in [0, 0.05) is 20.0 Å². The molecule has 0 aliphatic rings. The van der Waals surface area contributed by atoms with E-state index in [1.165, 1.54) is 0 Å². The molecular formula is C18H21N3O2S. The van der Waals surface area contributed by atoms with Crippen molar-refractivity contribution in [1.82, 2.24) is 14.3 Å². The summed E-state index contributed by atoms with van der Waals surface area (Å²) in [6.45, 7) is 4.07. The summed E-state index contributed by atoms with van der Waals surface area (Å²) in [6.07, 6.45) is 0.537. The molecule has 0 unspecified atom stereocenters. The molecule has 1 aromatic heterocycles. The fourth-order valence-electron chi connectivity index (χ4n) is 2.89. The van der Waals surface area contributed by atoms with Crippen molar-refractivity contribution in [3.8, 4) is 0 Å². The van der Waals surface area contributed by atoms with Gasteiger partial charge in [-0.15, -0.1) is 0 Å². The summed E-state index contributed by atoms with van der Waals surface area (Å²) in [5.74, 6) is 0.861. The zero-order valence-electron chi connectivity index (χ0n) is 14.1. The van der Waals surface area contributed by atoms with E-state index in [-0.39, 0.29) is 0 Å². The Balaban J connectivity index is 1.74. The maximum atomic E-state index is 12.5. The number of hydrogen-bond acceptors (Lipinski definition) is 3. The third-order valence-electron chi connectivity index (χ3n) is 4.14. The number of imidazole rings is 1. The van der Waals surface area contributed by atoms with E-state index < -0.39 is 10.0 Å². The Morgan fingerprint density at radius 1 is 1.12 bits per heavy atom. The molecule has 1 heterocycles. The highest BCUT2D eigenvalue weighted by Crippen LogP contribution is 2.17. The van der Waals surface area contributed by atoms with Crippen molar-refractivity contribution in [2.45, 2.75) is 25.2 Å². The van der Waals surface area contributed by atoms with Crippen LogP contribution in [0.2, 0.25) is 0 Å². The standard InChI is InChI=1S/C18H21N3O2S/c1-13-8-9-17(14(2)12-13)24(22,23)19-11-10-18-20-15-6-4-5-7-16(15)21(18)3/h4-9,12,19H,10-11H2,1-3H3. The number of para-hydroxylation sites is 2. The minimum Gasteiger partial charge on any atom is -0.331 e. The van der Waals surface area contributed by atoms with Crippen molar-refractivity contribution in [2.24, 2.45) is 7.05 Å². The van der Waals surface area contributed by atoms with Crippen LogP contribution in [0.4, 0.5) is 0 Å². The number of fused-ring (bicyclic) bond motifs is 1. The lowest BCUT2D eigenvalue weighted by Gasteiger charge is -2.10. The quantitative estimate of drug-likeness (QED) is 0.775. The summed E-state index contributed by atoms with van der Waals surface area (Å²) in [4.78, 5) is 4.89. The molecule has 2 aromatic carbocycles. The fourth-order valence-corrected chi connectivity index (χ4v) is 4.15. The van der Waals surface area contributed by atoms with Crippen LogP contribution in [0.1, 0.15) is 17.0 Å². The number of benzene rings is 2. The lowest BCUT2D eigenvalue weighted by molar-refractivity contribution is 0.579. The molecule has 0 amide bonds. The smallest absolute Gasteiger partial charge is 0.240 e. The van der Waals surface area contributed by atoms with E-state index in [9.17, 15) is 8.42 Å². The van der Waals surface area contributed by atoms with Crippen molar-refractivity contribution in [3.63, 3.8) is 0 Å². The van der Waals surface area contributed by atoms with Crippen LogP contribution in [-0.2, 0) is 23.5 Å². The van der Waals surface area contributed by atoms with E-state index in [4.69, 9.17) is 0 Å². The summed E-state index contributed by atoms with van der Waals surface area (Å²) in [5.41, 5.74) is 3.77. The minimum absolute atomic E-state index is 0.312. The van der Waals surface area contributed by atoms with E-state index in [2.05, 4.69) is 9.71 Å². The van der Waals surface area contributed by atoms with Crippen LogP contribution in [0.15, 0.2) is 47.4 Å². The van der Waals surface area contributed by atoms with Crippen LogP contribution in [0.3, 0.4) is 0 Å². The molecule has 0 aliphatic heterocycles. The van der Waals surface area contributed by atoms with Gasteiger partial charge in [0.2, 0.25) is 10.0 Å². The molecule has 0 atom stereocenters. The highest BCUT2D eigenvalue weighted by Gasteiger charge is 2.16. The average molecular weight is 343 g/mol. The molecule has 0 spiro atoms. The molecule has 126 valence electrons. The molecule has 0 aliphatic carbocycles. The molecule has 6 heteroatoms. The molecule has 1 N–H and O–H groups in total. The van der Waals surface area contributed by atoms with Crippen LogP contribution in [0.5, 0.6) is 0 Å². The van der Waals surface area contributed by atoms with Gasteiger partial charge < -0.3 is 4.57 Å². The maximum absolute atomic E-state index is 12.5. The second kappa shape index (κ2) is 6.37. The van der Waals surface area contributed by atoms with Crippen molar-refractivity contribution in [3.05, 3.63) is 59.4 Å². The highest BCUT2D eigenvalue weighted by molar-refractivity contribution is 7.89. The summed E-state index contributed by atoms with van der Waals surface area (Å²) in [7, 11) is -1.56. The monoisotopic (exact) mass is 343 g/mol. The Kier molecular flexibility index (Phi) is 4.43. The third-order valence-corrected chi connectivity index (χ3v) is 5.76. The van der Waals surface area contributed by atoms with Gasteiger partial charge in [-0.1, -0.05) is 29.8 Å². The summed E-state index contributed by atoms with van der Waals surface area (Å²) in [6, 6.07) is 13.2. The van der Waals surface area contributed by atoms with Gasteiger partial charge in [0.25, 0.3) is 0 Å². The Morgan fingerprint density at radius 2 is 1.88 bits per heavy atom. The summed E-state index contributed by atoms with van der Waals surface area (Å²) >= 11 is 0. The average Bonchev–Trinajstić information content (AvgIpc) is 2.84. The van der Waals surface area contributed by atoms with Gasteiger partial charge in [-0.3, -0.25) is 0 Å². The fraction of sp³-hybridized carbons (Fsp3) is 0.278. The predicted molar refractivity (Wildman–Crippen MR) is 95.5 cm³/mol. The third kappa shape index (κ3) is 3.20. The van der Waals surface area contributed by atoms with Gasteiger partial charge in [-0.05, 0) is 37.6 Å². The number of sulfonamides is 1. The van der Waals surface area contributed by atoms with Crippen LogP contribution < -0.4 is 4.72 Å². The number of nitrogens with zero attached hydrogens (tertiary/aromatic N) is 2. The molecule has 0 saturated carbocycles. The minimum atomic E-state index is -3.51. The molecule has 24 heavy (non-hydrogen) atoms. The van der Waals surface area contributed by atoms with E-state index in [0.717, 1.165) is 28.0 Å². The Labute approximate surface area is 142 Å². The molecule has 0 radical (unpaired) electrons. The van der Waals surface area contributed by atoms with Gasteiger partial charge in [0.1, 0.15) is 5.82 Å². The van der Waals surface area contributed by atoms with Crippen molar-refractivity contribution in [1.29, 1.82) is 0 Å². The maximum Gasteiger partial charge on any atom is 0.240 e. The topological polar surface area (TPSA) is 64.0 Å². The Morgan fingerprint density at radius 3 is 2.58 bits per heavy atom. The SMILES string of the molecule is Cc1ccc(S(=O)(=O)NCCc2nc3ccccc3n2C)c(C)c1. The largest absolute Gasteiger partial charge is 0.331 e. The van der Waals surface area contributed by atoms with Crippen molar-refractivity contribution in [2.75, 3.05) is 6.54 Å².